The summed E-state index contributed by atoms with van der Waals surface area (Å²) in [6.07, 6.45) is 3.04. The van der Waals surface area contributed by atoms with E-state index in [9.17, 15) is 9.59 Å². The molecule has 1 aliphatic heterocycles. The standard InChI is InChI=1S/C12H17N3O3/c13-11(16)10-5-4-8(18-10)7-15-12(17)9-3-1-2-6-14-9/h4-5,9,14H,1-3,6-7H2,(H2,13,16)(H,15,17). The van der Waals surface area contributed by atoms with E-state index in [1.165, 1.54) is 6.07 Å². The minimum atomic E-state index is -0.610. The van der Waals surface area contributed by atoms with Crippen LogP contribution in [0.3, 0.4) is 0 Å². The van der Waals surface area contributed by atoms with Crippen LogP contribution < -0.4 is 16.4 Å². The Bertz CT molecular complexity index is 436. The summed E-state index contributed by atoms with van der Waals surface area (Å²) in [5, 5.41) is 5.94. The van der Waals surface area contributed by atoms with Gasteiger partial charge in [0, 0.05) is 0 Å². The third-order valence-corrected chi connectivity index (χ3v) is 2.97. The summed E-state index contributed by atoms with van der Waals surface area (Å²) < 4.78 is 5.17. The third-order valence-electron chi connectivity index (χ3n) is 2.97. The molecule has 0 aromatic carbocycles. The molecular formula is C12H17N3O3. The van der Waals surface area contributed by atoms with Crippen molar-refractivity contribution in [1.82, 2.24) is 10.6 Å². The molecule has 6 heteroatoms. The molecule has 2 rings (SSSR count). The van der Waals surface area contributed by atoms with Crippen LogP contribution >= 0.6 is 0 Å². The van der Waals surface area contributed by atoms with Gasteiger partial charge >= 0.3 is 0 Å². The molecular weight excluding hydrogens is 234 g/mol. The normalized spacial score (nSPS) is 19.4. The van der Waals surface area contributed by atoms with E-state index in [2.05, 4.69) is 10.6 Å². The molecule has 0 aliphatic carbocycles. The zero-order valence-corrected chi connectivity index (χ0v) is 10.1. The van der Waals surface area contributed by atoms with Gasteiger partial charge in [-0.3, -0.25) is 9.59 Å². The van der Waals surface area contributed by atoms with E-state index in [1.54, 1.807) is 6.07 Å². The molecule has 1 fully saturated rings. The molecule has 1 aliphatic rings. The van der Waals surface area contributed by atoms with Gasteiger partial charge in [-0.1, -0.05) is 6.42 Å². The fourth-order valence-corrected chi connectivity index (χ4v) is 1.98. The van der Waals surface area contributed by atoms with Crippen LogP contribution in [0.2, 0.25) is 0 Å². The summed E-state index contributed by atoms with van der Waals surface area (Å²) in [5.74, 6) is -0.0174. The van der Waals surface area contributed by atoms with Crippen LogP contribution in [0.5, 0.6) is 0 Å². The number of carbonyl (C=O) groups excluding carboxylic acids is 2. The van der Waals surface area contributed by atoms with Gasteiger partial charge in [-0.25, -0.2) is 0 Å². The lowest BCUT2D eigenvalue weighted by molar-refractivity contribution is -0.123. The highest BCUT2D eigenvalue weighted by molar-refractivity contribution is 5.89. The number of nitrogens with two attached hydrogens (primary N) is 1. The Hall–Kier alpha value is -1.82. The molecule has 1 saturated heterocycles. The minimum Gasteiger partial charge on any atom is -0.454 e. The second-order valence-corrected chi connectivity index (χ2v) is 4.35. The van der Waals surface area contributed by atoms with Gasteiger partial charge in [0.25, 0.3) is 5.91 Å². The second kappa shape index (κ2) is 5.68. The van der Waals surface area contributed by atoms with Crippen molar-refractivity contribution in [2.24, 2.45) is 5.73 Å². The van der Waals surface area contributed by atoms with Gasteiger partial charge in [-0.2, -0.15) is 0 Å². The van der Waals surface area contributed by atoms with Crippen molar-refractivity contribution in [2.75, 3.05) is 6.54 Å². The van der Waals surface area contributed by atoms with E-state index in [-0.39, 0.29) is 24.3 Å². The molecule has 2 heterocycles. The van der Waals surface area contributed by atoms with Gasteiger partial charge in [-0.15, -0.1) is 0 Å². The lowest BCUT2D eigenvalue weighted by Crippen LogP contribution is -2.46. The van der Waals surface area contributed by atoms with Crippen molar-refractivity contribution < 1.29 is 14.0 Å². The molecule has 6 nitrogen and oxygen atoms in total. The van der Waals surface area contributed by atoms with Gasteiger partial charge in [0.1, 0.15) is 5.76 Å². The highest BCUT2D eigenvalue weighted by Crippen LogP contribution is 2.09. The number of hydrogen-bond donors (Lipinski definition) is 3. The van der Waals surface area contributed by atoms with Crippen LogP contribution in [0.25, 0.3) is 0 Å². The number of nitrogens with one attached hydrogen (secondary N) is 2. The smallest absolute Gasteiger partial charge is 0.284 e. The fraction of sp³-hybridized carbons (Fsp3) is 0.500. The summed E-state index contributed by atoms with van der Waals surface area (Å²) >= 11 is 0. The zero-order valence-electron chi connectivity index (χ0n) is 10.1. The predicted molar refractivity (Wildman–Crippen MR) is 64.7 cm³/mol. The van der Waals surface area contributed by atoms with Crippen LogP contribution in [0.1, 0.15) is 35.6 Å². The van der Waals surface area contributed by atoms with Gasteiger partial charge < -0.3 is 20.8 Å². The molecule has 0 radical (unpaired) electrons. The molecule has 1 aromatic heterocycles. The molecule has 98 valence electrons. The van der Waals surface area contributed by atoms with Gasteiger partial charge in [0.2, 0.25) is 5.91 Å². The first kappa shape index (κ1) is 12.6. The number of hydrogen-bond acceptors (Lipinski definition) is 4. The van der Waals surface area contributed by atoms with Crippen molar-refractivity contribution in [3.05, 3.63) is 23.7 Å². The van der Waals surface area contributed by atoms with Crippen LogP contribution in [-0.2, 0) is 11.3 Å². The maximum atomic E-state index is 11.8. The molecule has 1 aromatic rings. The lowest BCUT2D eigenvalue weighted by atomic mass is 10.0. The van der Waals surface area contributed by atoms with E-state index in [4.69, 9.17) is 10.2 Å². The monoisotopic (exact) mass is 251 g/mol. The summed E-state index contributed by atoms with van der Waals surface area (Å²) in [6, 6.07) is 3.02. The van der Waals surface area contributed by atoms with Gasteiger partial charge in [0.05, 0.1) is 12.6 Å². The lowest BCUT2D eigenvalue weighted by Gasteiger charge is -2.22. The van der Waals surface area contributed by atoms with Gasteiger partial charge in [0.15, 0.2) is 5.76 Å². The summed E-state index contributed by atoms with van der Waals surface area (Å²) in [6.45, 7) is 1.15. The number of amides is 2. The first-order chi connectivity index (χ1) is 8.66. The SMILES string of the molecule is NC(=O)c1ccc(CNC(=O)C2CCCCN2)o1. The van der Waals surface area contributed by atoms with Crippen molar-refractivity contribution in [3.63, 3.8) is 0 Å². The number of carbonyl (C=O) groups is 2. The maximum absolute atomic E-state index is 11.8. The molecule has 0 saturated carbocycles. The van der Waals surface area contributed by atoms with E-state index in [0.717, 1.165) is 25.8 Å². The Kier molecular flexibility index (Phi) is 3.99. The Morgan fingerprint density at radius 2 is 2.28 bits per heavy atom. The highest BCUT2D eigenvalue weighted by Gasteiger charge is 2.20. The first-order valence-corrected chi connectivity index (χ1v) is 6.06. The summed E-state index contributed by atoms with van der Waals surface area (Å²) in [4.78, 5) is 22.6. The molecule has 0 bridgehead atoms. The molecule has 1 atom stereocenters. The average molecular weight is 251 g/mol. The number of primary amides is 1. The topological polar surface area (TPSA) is 97.4 Å². The Balaban J connectivity index is 1.82. The van der Waals surface area contributed by atoms with E-state index >= 15 is 0 Å². The van der Waals surface area contributed by atoms with E-state index in [1.807, 2.05) is 0 Å². The van der Waals surface area contributed by atoms with Crippen molar-refractivity contribution in [3.8, 4) is 0 Å². The summed E-state index contributed by atoms with van der Waals surface area (Å²) in [5.41, 5.74) is 5.07. The van der Waals surface area contributed by atoms with Crippen LogP contribution in [0.4, 0.5) is 0 Å². The fourth-order valence-electron chi connectivity index (χ4n) is 1.98. The molecule has 18 heavy (non-hydrogen) atoms. The van der Waals surface area contributed by atoms with Gasteiger partial charge in [-0.05, 0) is 31.5 Å². The number of furan rings is 1. The van der Waals surface area contributed by atoms with Crippen molar-refractivity contribution >= 4 is 11.8 Å². The average Bonchev–Trinajstić information content (AvgIpc) is 2.86. The molecule has 0 spiro atoms. The van der Waals surface area contributed by atoms with Crippen LogP contribution in [-0.4, -0.2) is 24.4 Å². The second-order valence-electron chi connectivity index (χ2n) is 4.35. The van der Waals surface area contributed by atoms with E-state index in [0.29, 0.717) is 5.76 Å². The minimum absolute atomic E-state index is 0.0354. The third kappa shape index (κ3) is 3.10. The molecule has 2 amide bonds. The largest absolute Gasteiger partial charge is 0.454 e. The maximum Gasteiger partial charge on any atom is 0.284 e. The zero-order chi connectivity index (χ0) is 13.0. The van der Waals surface area contributed by atoms with Crippen LogP contribution in [0.15, 0.2) is 16.5 Å². The van der Waals surface area contributed by atoms with Crippen LogP contribution in [0, 0.1) is 0 Å². The highest BCUT2D eigenvalue weighted by atomic mass is 16.4. The molecule has 1 unspecified atom stereocenters. The Labute approximate surface area is 105 Å². The summed E-state index contributed by atoms with van der Waals surface area (Å²) in [7, 11) is 0. The molecule has 4 N–H and O–H groups in total. The van der Waals surface area contributed by atoms with Crippen molar-refractivity contribution in [1.29, 1.82) is 0 Å². The Morgan fingerprint density at radius 3 is 2.89 bits per heavy atom. The quantitative estimate of drug-likeness (QED) is 0.709. The first-order valence-electron chi connectivity index (χ1n) is 6.06. The van der Waals surface area contributed by atoms with E-state index < -0.39 is 5.91 Å². The van der Waals surface area contributed by atoms with Crippen molar-refractivity contribution in [2.45, 2.75) is 31.8 Å². The Morgan fingerprint density at radius 1 is 1.44 bits per heavy atom. The number of rotatable bonds is 4. The predicted octanol–water partition coefficient (Wildman–Crippen LogP) is 0.137. The number of piperidine rings is 1.